The minimum absolute atomic E-state index is 0.0132. The van der Waals surface area contributed by atoms with Crippen LogP contribution in [0.1, 0.15) is 50.4 Å². The molecule has 0 radical (unpaired) electrons. The molecule has 1 aliphatic carbocycles. The quantitative estimate of drug-likeness (QED) is 0.922. The summed E-state index contributed by atoms with van der Waals surface area (Å²) in [5.74, 6) is -0.197. The van der Waals surface area contributed by atoms with Crippen molar-refractivity contribution >= 4 is 11.8 Å². The number of likely N-dealkylation sites (tertiary alicyclic amines) is 1. The summed E-state index contributed by atoms with van der Waals surface area (Å²) in [5, 5.41) is 0. The van der Waals surface area contributed by atoms with E-state index in [0.29, 0.717) is 17.4 Å². The lowest BCUT2D eigenvalue weighted by molar-refractivity contribution is -0.134. The van der Waals surface area contributed by atoms with Crippen LogP contribution >= 0.6 is 0 Å². The van der Waals surface area contributed by atoms with E-state index in [0.717, 1.165) is 25.8 Å². The molecular formula is C19H26N2O3. The van der Waals surface area contributed by atoms with Crippen molar-refractivity contribution in [2.45, 2.75) is 46.1 Å². The fourth-order valence-corrected chi connectivity index (χ4v) is 4.77. The number of hydrogen-bond acceptors (Lipinski definition) is 3. The predicted molar refractivity (Wildman–Crippen MR) is 91.7 cm³/mol. The smallest absolute Gasteiger partial charge is 0.260 e. The van der Waals surface area contributed by atoms with Gasteiger partial charge in [-0.25, -0.2) is 0 Å². The van der Waals surface area contributed by atoms with Gasteiger partial charge in [0.1, 0.15) is 5.75 Å². The molecule has 1 aromatic carbocycles. The van der Waals surface area contributed by atoms with Gasteiger partial charge in [0, 0.05) is 12.6 Å². The number of hydrogen-bond donors (Lipinski definition) is 1. The number of ether oxygens (including phenoxy) is 1. The van der Waals surface area contributed by atoms with E-state index in [2.05, 4.69) is 20.8 Å². The first-order valence-electron chi connectivity index (χ1n) is 8.50. The van der Waals surface area contributed by atoms with Gasteiger partial charge in [0.05, 0.1) is 5.56 Å². The van der Waals surface area contributed by atoms with Crippen LogP contribution in [-0.2, 0) is 4.79 Å². The summed E-state index contributed by atoms with van der Waals surface area (Å²) in [4.78, 5) is 26.1. The van der Waals surface area contributed by atoms with Crippen molar-refractivity contribution < 1.29 is 14.3 Å². The number of benzene rings is 1. The Morgan fingerprint density at radius 1 is 1.25 bits per heavy atom. The zero-order chi connectivity index (χ0) is 17.5. The van der Waals surface area contributed by atoms with Crippen molar-refractivity contribution in [1.82, 2.24) is 4.90 Å². The van der Waals surface area contributed by atoms with Gasteiger partial charge in [0.25, 0.3) is 11.8 Å². The maximum absolute atomic E-state index is 12.7. The first-order valence-corrected chi connectivity index (χ1v) is 8.50. The summed E-state index contributed by atoms with van der Waals surface area (Å²) in [6, 6.07) is 7.05. The third kappa shape index (κ3) is 3.25. The molecule has 0 spiro atoms. The minimum Gasteiger partial charge on any atom is -0.483 e. The van der Waals surface area contributed by atoms with Gasteiger partial charge in [0.15, 0.2) is 6.61 Å². The van der Waals surface area contributed by atoms with E-state index < -0.39 is 5.91 Å². The molecule has 1 aliphatic heterocycles. The summed E-state index contributed by atoms with van der Waals surface area (Å²) in [6.45, 7) is 7.57. The molecule has 2 atom stereocenters. The first kappa shape index (κ1) is 16.8. The van der Waals surface area contributed by atoms with Gasteiger partial charge >= 0.3 is 0 Å². The number of carbonyl (C=O) groups is 2. The SMILES string of the molecule is CC1(C)C[C@@H]2C[C@](C)(CN2C(=O)COc2ccccc2C(N)=O)C1. The Hall–Kier alpha value is -2.04. The van der Waals surface area contributed by atoms with Gasteiger partial charge in [-0.15, -0.1) is 0 Å². The largest absolute Gasteiger partial charge is 0.483 e. The van der Waals surface area contributed by atoms with Gasteiger partial charge in [-0.2, -0.15) is 0 Å². The Labute approximate surface area is 143 Å². The van der Waals surface area contributed by atoms with Crippen LogP contribution in [0.15, 0.2) is 24.3 Å². The minimum atomic E-state index is -0.552. The van der Waals surface area contributed by atoms with E-state index in [1.165, 1.54) is 0 Å². The predicted octanol–water partition coefficient (Wildman–Crippen LogP) is 2.59. The molecule has 2 aliphatic rings. The summed E-state index contributed by atoms with van der Waals surface area (Å²) >= 11 is 0. The number of fused-ring (bicyclic) bond motifs is 2. The lowest BCUT2D eigenvalue weighted by Crippen LogP contribution is -2.40. The zero-order valence-electron chi connectivity index (χ0n) is 14.7. The van der Waals surface area contributed by atoms with Crippen molar-refractivity contribution in [3.8, 4) is 5.75 Å². The fraction of sp³-hybridized carbons (Fsp3) is 0.579. The first-order chi connectivity index (χ1) is 11.2. The highest BCUT2D eigenvalue weighted by molar-refractivity contribution is 5.95. The average molecular weight is 330 g/mol. The van der Waals surface area contributed by atoms with Gasteiger partial charge in [-0.05, 0) is 42.2 Å². The Bertz CT molecular complexity index is 670. The molecule has 1 heterocycles. The van der Waals surface area contributed by atoms with E-state index in [1.807, 2.05) is 4.90 Å². The van der Waals surface area contributed by atoms with Crippen molar-refractivity contribution in [1.29, 1.82) is 0 Å². The van der Waals surface area contributed by atoms with Gasteiger partial charge in [0.2, 0.25) is 0 Å². The number of nitrogens with two attached hydrogens (primary N) is 1. The van der Waals surface area contributed by atoms with Crippen LogP contribution in [-0.4, -0.2) is 35.9 Å². The Balaban J connectivity index is 1.68. The zero-order valence-corrected chi connectivity index (χ0v) is 14.7. The monoisotopic (exact) mass is 330 g/mol. The van der Waals surface area contributed by atoms with E-state index in [9.17, 15) is 9.59 Å². The molecule has 5 heteroatoms. The number of primary amides is 1. The fourth-order valence-electron chi connectivity index (χ4n) is 4.77. The third-order valence-corrected chi connectivity index (χ3v) is 5.24. The molecule has 2 bridgehead atoms. The van der Waals surface area contributed by atoms with Crippen molar-refractivity contribution in [2.24, 2.45) is 16.6 Å². The number of para-hydroxylation sites is 1. The second kappa shape index (κ2) is 5.80. The van der Waals surface area contributed by atoms with Crippen LogP contribution in [0.2, 0.25) is 0 Å². The van der Waals surface area contributed by atoms with Crippen molar-refractivity contribution in [3.63, 3.8) is 0 Å². The van der Waals surface area contributed by atoms with Gasteiger partial charge < -0.3 is 15.4 Å². The molecule has 0 unspecified atom stereocenters. The molecule has 130 valence electrons. The van der Waals surface area contributed by atoms with Crippen LogP contribution in [0.3, 0.4) is 0 Å². The van der Waals surface area contributed by atoms with E-state index in [4.69, 9.17) is 10.5 Å². The summed E-state index contributed by atoms with van der Waals surface area (Å²) < 4.78 is 5.61. The lowest BCUT2D eigenvalue weighted by atomic mass is 9.65. The maximum Gasteiger partial charge on any atom is 0.260 e. The van der Waals surface area contributed by atoms with E-state index >= 15 is 0 Å². The summed E-state index contributed by atoms with van der Waals surface area (Å²) in [6.07, 6.45) is 3.25. The number of carbonyl (C=O) groups excluding carboxylic acids is 2. The molecular weight excluding hydrogens is 304 g/mol. The van der Waals surface area contributed by atoms with Gasteiger partial charge in [-0.3, -0.25) is 9.59 Å². The van der Waals surface area contributed by atoms with Crippen LogP contribution in [0.4, 0.5) is 0 Å². The normalized spacial score (nSPS) is 27.8. The molecule has 1 saturated carbocycles. The third-order valence-electron chi connectivity index (χ3n) is 5.24. The second-order valence-corrected chi connectivity index (χ2v) is 8.38. The summed E-state index contributed by atoms with van der Waals surface area (Å²) in [7, 11) is 0. The highest BCUT2D eigenvalue weighted by atomic mass is 16.5. The maximum atomic E-state index is 12.7. The van der Waals surface area contributed by atoms with E-state index in [-0.39, 0.29) is 23.3 Å². The second-order valence-electron chi connectivity index (χ2n) is 8.38. The standard InChI is InChI=1S/C19H26N2O3/c1-18(2)8-13-9-19(3,11-18)12-21(13)16(22)10-24-15-7-5-4-6-14(15)17(20)23/h4-7,13H,8-12H2,1-3H3,(H2,20,23)/t13-,19+/m1/s1. The average Bonchev–Trinajstić information content (AvgIpc) is 2.74. The van der Waals surface area contributed by atoms with Crippen LogP contribution in [0.5, 0.6) is 5.75 Å². The number of nitrogens with zero attached hydrogens (tertiary/aromatic N) is 1. The topological polar surface area (TPSA) is 72.6 Å². The molecule has 1 aromatic rings. The molecule has 0 aromatic heterocycles. The molecule has 3 rings (SSSR count). The number of rotatable bonds is 4. The van der Waals surface area contributed by atoms with Crippen molar-refractivity contribution in [2.75, 3.05) is 13.2 Å². The Kier molecular flexibility index (Phi) is 4.06. The highest BCUT2D eigenvalue weighted by Crippen LogP contribution is 2.52. The highest BCUT2D eigenvalue weighted by Gasteiger charge is 2.50. The van der Waals surface area contributed by atoms with Crippen LogP contribution in [0.25, 0.3) is 0 Å². The summed E-state index contributed by atoms with van der Waals surface area (Å²) in [5.41, 5.74) is 6.12. The molecule has 5 nitrogen and oxygen atoms in total. The molecule has 2 fully saturated rings. The molecule has 1 saturated heterocycles. The lowest BCUT2D eigenvalue weighted by Gasteiger charge is -2.39. The molecule has 24 heavy (non-hydrogen) atoms. The molecule has 2 N–H and O–H groups in total. The molecule has 2 amide bonds. The Morgan fingerprint density at radius 2 is 1.96 bits per heavy atom. The van der Waals surface area contributed by atoms with E-state index in [1.54, 1.807) is 24.3 Å². The van der Waals surface area contributed by atoms with Gasteiger partial charge in [-0.1, -0.05) is 32.9 Å². The van der Waals surface area contributed by atoms with Crippen molar-refractivity contribution in [3.05, 3.63) is 29.8 Å². The number of amides is 2. The van der Waals surface area contributed by atoms with Crippen LogP contribution in [0, 0.1) is 10.8 Å². The van der Waals surface area contributed by atoms with Crippen LogP contribution < -0.4 is 10.5 Å². The Morgan fingerprint density at radius 3 is 2.67 bits per heavy atom.